The van der Waals surface area contributed by atoms with Crippen molar-refractivity contribution in [2.24, 2.45) is 5.73 Å². The molecule has 0 radical (unpaired) electrons. The largest absolute Gasteiger partial charge is 0.481 e. The molecule has 0 saturated carbocycles. The zero-order valence-corrected chi connectivity index (χ0v) is 10.5. The van der Waals surface area contributed by atoms with E-state index in [-0.39, 0.29) is 13.0 Å². The van der Waals surface area contributed by atoms with Crippen LogP contribution in [0, 0.1) is 0 Å². The number of nitrogens with two attached hydrogens (primary N) is 1. The molecule has 18 heavy (non-hydrogen) atoms. The van der Waals surface area contributed by atoms with E-state index in [0.717, 1.165) is 0 Å². The van der Waals surface area contributed by atoms with E-state index < -0.39 is 23.9 Å². The van der Waals surface area contributed by atoms with Crippen LogP contribution < -0.4 is 11.1 Å². The van der Waals surface area contributed by atoms with Gasteiger partial charge in [-0.15, -0.1) is 0 Å². The second-order valence-electron chi connectivity index (χ2n) is 3.73. The second-order valence-corrected chi connectivity index (χ2v) is 3.73. The Balaban J connectivity index is 3.64. The summed E-state index contributed by atoms with van der Waals surface area (Å²) in [4.78, 5) is 32.7. The minimum atomic E-state index is -1.30. The van der Waals surface area contributed by atoms with Gasteiger partial charge in [-0.05, 0) is 19.8 Å². The van der Waals surface area contributed by atoms with Crippen LogP contribution >= 0.6 is 0 Å². The third-order valence-electron chi connectivity index (χ3n) is 2.19. The molecule has 0 spiro atoms. The van der Waals surface area contributed by atoms with Crippen molar-refractivity contribution >= 4 is 17.8 Å². The average Bonchev–Trinajstić information content (AvgIpc) is 2.32. The summed E-state index contributed by atoms with van der Waals surface area (Å²) >= 11 is 0. The standard InChI is InChI=1S/C11H20N2O5/c1-2-18-11(17)9(12)10(16)13-7-5-3-4-6-8(14)15/h9H,2-7,12H2,1H3,(H,13,16)(H,14,15). The monoisotopic (exact) mass is 260 g/mol. The molecule has 0 aromatic heterocycles. The highest BCUT2D eigenvalue weighted by Gasteiger charge is 2.22. The molecule has 0 aliphatic carbocycles. The van der Waals surface area contributed by atoms with Gasteiger partial charge in [-0.1, -0.05) is 6.42 Å². The Hall–Kier alpha value is -1.63. The summed E-state index contributed by atoms with van der Waals surface area (Å²) in [5.41, 5.74) is 5.36. The van der Waals surface area contributed by atoms with Gasteiger partial charge in [0.1, 0.15) is 0 Å². The lowest BCUT2D eigenvalue weighted by Crippen LogP contribution is -2.47. The van der Waals surface area contributed by atoms with Crippen molar-refractivity contribution in [1.82, 2.24) is 5.32 Å². The first-order valence-electron chi connectivity index (χ1n) is 5.90. The molecular formula is C11H20N2O5. The molecule has 4 N–H and O–H groups in total. The van der Waals surface area contributed by atoms with Gasteiger partial charge >= 0.3 is 11.9 Å². The van der Waals surface area contributed by atoms with Crippen LogP contribution in [0.3, 0.4) is 0 Å². The molecule has 1 unspecified atom stereocenters. The van der Waals surface area contributed by atoms with E-state index in [1.807, 2.05) is 0 Å². The molecule has 0 rings (SSSR count). The molecule has 7 heteroatoms. The number of nitrogens with one attached hydrogen (secondary N) is 1. The van der Waals surface area contributed by atoms with Crippen LogP contribution in [0.25, 0.3) is 0 Å². The number of unbranched alkanes of at least 4 members (excludes halogenated alkanes) is 2. The number of carboxylic acid groups (broad SMARTS) is 1. The van der Waals surface area contributed by atoms with Crippen molar-refractivity contribution in [2.75, 3.05) is 13.2 Å². The normalized spacial score (nSPS) is 11.7. The van der Waals surface area contributed by atoms with Crippen LogP contribution in [-0.2, 0) is 19.1 Å². The SMILES string of the molecule is CCOC(=O)C(N)C(=O)NCCCCCC(=O)O. The third-order valence-corrected chi connectivity index (χ3v) is 2.19. The van der Waals surface area contributed by atoms with Crippen molar-refractivity contribution in [3.63, 3.8) is 0 Å². The van der Waals surface area contributed by atoms with E-state index in [1.54, 1.807) is 6.92 Å². The summed E-state index contributed by atoms with van der Waals surface area (Å²) in [5.74, 6) is -2.16. The summed E-state index contributed by atoms with van der Waals surface area (Å²) in [6, 6.07) is -1.30. The highest BCUT2D eigenvalue weighted by Crippen LogP contribution is 1.98. The van der Waals surface area contributed by atoms with E-state index in [4.69, 9.17) is 10.8 Å². The number of aliphatic carboxylic acids is 1. The lowest BCUT2D eigenvalue weighted by atomic mass is 10.2. The number of hydrogen-bond acceptors (Lipinski definition) is 5. The van der Waals surface area contributed by atoms with Gasteiger partial charge in [0.15, 0.2) is 6.04 Å². The molecule has 7 nitrogen and oxygen atoms in total. The van der Waals surface area contributed by atoms with Crippen LogP contribution in [0.2, 0.25) is 0 Å². The lowest BCUT2D eigenvalue weighted by Gasteiger charge is -2.10. The molecular weight excluding hydrogens is 240 g/mol. The van der Waals surface area contributed by atoms with Crippen molar-refractivity contribution in [2.45, 2.75) is 38.6 Å². The minimum Gasteiger partial charge on any atom is -0.481 e. The van der Waals surface area contributed by atoms with Crippen molar-refractivity contribution < 1.29 is 24.2 Å². The quantitative estimate of drug-likeness (QED) is 0.296. The smallest absolute Gasteiger partial charge is 0.332 e. The van der Waals surface area contributed by atoms with E-state index in [1.165, 1.54) is 0 Å². The first kappa shape index (κ1) is 16.4. The number of carboxylic acids is 1. The fraction of sp³-hybridized carbons (Fsp3) is 0.727. The predicted molar refractivity (Wildman–Crippen MR) is 63.7 cm³/mol. The first-order valence-corrected chi connectivity index (χ1v) is 5.90. The molecule has 0 aliphatic rings. The molecule has 0 aromatic carbocycles. The summed E-state index contributed by atoms with van der Waals surface area (Å²) in [5, 5.41) is 10.9. The molecule has 0 heterocycles. The van der Waals surface area contributed by atoms with Gasteiger partial charge in [-0.3, -0.25) is 9.59 Å². The van der Waals surface area contributed by atoms with E-state index in [9.17, 15) is 14.4 Å². The third kappa shape index (κ3) is 7.61. The maximum atomic E-state index is 11.4. The van der Waals surface area contributed by atoms with Gasteiger partial charge in [0.2, 0.25) is 5.91 Å². The zero-order valence-electron chi connectivity index (χ0n) is 10.5. The van der Waals surface area contributed by atoms with Gasteiger partial charge in [0.05, 0.1) is 6.61 Å². The fourth-order valence-electron chi connectivity index (χ4n) is 1.24. The number of ether oxygens (including phenoxy) is 1. The van der Waals surface area contributed by atoms with Crippen molar-refractivity contribution in [1.29, 1.82) is 0 Å². The number of carbonyl (C=O) groups is 3. The van der Waals surface area contributed by atoms with Gasteiger partial charge in [0.25, 0.3) is 0 Å². The first-order chi connectivity index (χ1) is 8.49. The summed E-state index contributed by atoms with van der Waals surface area (Å²) in [7, 11) is 0. The Labute approximate surface area is 106 Å². The van der Waals surface area contributed by atoms with E-state index in [0.29, 0.717) is 25.8 Å². The van der Waals surface area contributed by atoms with Gasteiger partial charge in [-0.2, -0.15) is 0 Å². The molecule has 1 atom stereocenters. The predicted octanol–water partition coefficient (Wildman–Crippen LogP) is -0.362. The fourth-order valence-corrected chi connectivity index (χ4v) is 1.24. The van der Waals surface area contributed by atoms with E-state index in [2.05, 4.69) is 10.1 Å². The topological polar surface area (TPSA) is 119 Å². The molecule has 0 saturated heterocycles. The molecule has 0 bridgehead atoms. The van der Waals surface area contributed by atoms with E-state index >= 15 is 0 Å². The lowest BCUT2D eigenvalue weighted by molar-refractivity contribution is -0.148. The number of esters is 1. The van der Waals surface area contributed by atoms with Gasteiger partial charge in [-0.25, -0.2) is 4.79 Å². The second kappa shape index (κ2) is 9.41. The number of amides is 1. The Bertz CT molecular complexity index is 293. The highest BCUT2D eigenvalue weighted by molar-refractivity contribution is 6.01. The molecule has 0 fully saturated rings. The average molecular weight is 260 g/mol. The van der Waals surface area contributed by atoms with Crippen LogP contribution in [-0.4, -0.2) is 42.1 Å². The Morgan fingerprint density at radius 1 is 1.28 bits per heavy atom. The molecule has 1 amide bonds. The Morgan fingerprint density at radius 2 is 1.94 bits per heavy atom. The minimum absolute atomic E-state index is 0.121. The number of hydrogen-bond donors (Lipinski definition) is 3. The molecule has 0 aliphatic heterocycles. The Morgan fingerprint density at radius 3 is 2.50 bits per heavy atom. The maximum absolute atomic E-state index is 11.4. The number of rotatable bonds is 9. The maximum Gasteiger partial charge on any atom is 0.332 e. The van der Waals surface area contributed by atoms with Crippen LogP contribution in [0.1, 0.15) is 32.6 Å². The highest BCUT2D eigenvalue weighted by atomic mass is 16.5. The van der Waals surface area contributed by atoms with Gasteiger partial charge in [0, 0.05) is 13.0 Å². The van der Waals surface area contributed by atoms with Crippen molar-refractivity contribution in [3.05, 3.63) is 0 Å². The summed E-state index contributed by atoms with van der Waals surface area (Å²) < 4.78 is 4.61. The summed E-state index contributed by atoms with van der Waals surface area (Å²) in [6.45, 7) is 2.17. The van der Waals surface area contributed by atoms with Crippen molar-refractivity contribution in [3.8, 4) is 0 Å². The molecule has 0 aromatic rings. The molecule has 104 valence electrons. The summed E-state index contributed by atoms with van der Waals surface area (Å²) in [6.07, 6.45) is 2.03. The zero-order chi connectivity index (χ0) is 14.0. The van der Waals surface area contributed by atoms with Crippen LogP contribution in [0.15, 0.2) is 0 Å². The number of carbonyl (C=O) groups excluding carboxylic acids is 2. The van der Waals surface area contributed by atoms with Crippen LogP contribution in [0.4, 0.5) is 0 Å². The van der Waals surface area contributed by atoms with Gasteiger partial charge < -0.3 is 20.9 Å². The Kier molecular flexibility index (Phi) is 8.55. The van der Waals surface area contributed by atoms with Crippen LogP contribution in [0.5, 0.6) is 0 Å².